The van der Waals surface area contributed by atoms with Crippen LogP contribution in [-0.4, -0.2) is 19.1 Å². The highest BCUT2D eigenvalue weighted by Crippen LogP contribution is 1.33. The third kappa shape index (κ3) is 8.90. The Kier molecular flexibility index (Phi) is 8.17. The average molecular weight is 112 g/mol. The molecule has 0 radical (unpaired) electrons. The van der Waals surface area contributed by atoms with Crippen molar-refractivity contribution in [1.29, 1.82) is 0 Å². The second kappa shape index (κ2) is 5.17. The molecule has 0 spiro atoms. The zero-order valence-corrected chi connectivity index (χ0v) is 4.74. The molecule has 0 rings (SSSR count). The quantitative estimate of drug-likeness (QED) is 0.263. The van der Waals surface area contributed by atoms with Gasteiger partial charge in [-0.2, -0.15) is 11.4 Å². The zero-order valence-electron chi connectivity index (χ0n) is 3.98. The van der Waals surface area contributed by atoms with Gasteiger partial charge in [0.1, 0.15) is 0 Å². The maximum Gasteiger partial charge on any atom is 0.0378 e. The Balaban J connectivity index is 0. The van der Waals surface area contributed by atoms with E-state index in [1.165, 1.54) is 5.53 Å². The molecule has 3 nitrogen and oxygen atoms in total. The standard InChI is InChI=1S/C2H9N3.ClH/c1-5(2)4-3;/h4H,3H2,1-2H3;1H. The fourth-order valence-electron chi connectivity index (χ4n) is 0. The number of rotatable bonds is 1. The van der Waals surface area contributed by atoms with Gasteiger partial charge < -0.3 is 12.4 Å². The molecule has 4 heteroatoms. The van der Waals surface area contributed by atoms with Gasteiger partial charge in [-0.3, -0.25) is 0 Å². The van der Waals surface area contributed by atoms with E-state index in [1.54, 1.807) is 5.01 Å². The van der Waals surface area contributed by atoms with E-state index in [0.717, 1.165) is 0 Å². The number of quaternary nitrogens is 1. The van der Waals surface area contributed by atoms with Crippen molar-refractivity contribution in [3.05, 3.63) is 0 Å². The van der Waals surface area contributed by atoms with Crippen molar-refractivity contribution in [2.45, 2.75) is 0 Å². The molecule has 0 aromatic heterocycles. The maximum atomic E-state index is 4.97. The van der Waals surface area contributed by atoms with Gasteiger partial charge in [0.05, 0.1) is 0 Å². The van der Waals surface area contributed by atoms with Crippen LogP contribution in [0.4, 0.5) is 0 Å². The molecule has 0 aliphatic carbocycles. The van der Waals surface area contributed by atoms with E-state index in [1.807, 2.05) is 14.1 Å². The third-order valence-corrected chi connectivity index (χ3v) is 0.298. The fraction of sp³-hybridized carbons (Fsp3) is 1.00. The first-order valence-electron chi connectivity index (χ1n) is 1.49. The number of hydrogen-bond donors (Lipinski definition) is 2. The highest BCUT2D eigenvalue weighted by molar-refractivity contribution is 3.90. The highest BCUT2D eigenvalue weighted by Gasteiger charge is 1.74. The van der Waals surface area contributed by atoms with Gasteiger partial charge in [-0.05, 0) is 0 Å². The molecule has 0 atom stereocenters. The Hall–Kier alpha value is 0.170. The van der Waals surface area contributed by atoms with Crippen LogP contribution in [0.5, 0.6) is 0 Å². The predicted octanol–water partition coefficient (Wildman–Crippen LogP) is -5.10. The second-order valence-corrected chi connectivity index (χ2v) is 1.11. The van der Waals surface area contributed by atoms with Crippen LogP contribution >= 0.6 is 0 Å². The van der Waals surface area contributed by atoms with Crippen molar-refractivity contribution in [3.63, 3.8) is 0 Å². The van der Waals surface area contributed by atoms with E-state index in [2.05, 4.69) is 0 Å². The van der Waals surface area contributed by atoms with Crippen LogP contribution in [0.25, 0.3) is 0 Å². The molecular formula is C2H10ClN3. The second-order valence-electron chi connectivity index (χ2n) is 1.11. The lowest BCUT2D eigenvalue weighted by Gasteiger charge is -1.96. The Morgan fingerprint density at radius 1 is 1.50 bits per heavy atom. The van der Waals surface area contributed by atoms with Gasteiger partial charge in [0.2, 0.25) is 0 Å². The summed E-state index contributed by atoms with van der Waals surface area (Å²) in [4.78, 5) is 0. The molecule has 6 heavy (non-hydrogen) atoms. The highest BCUT2D eigenvalue weighted by atomic mass is 35.5. The van der Waals surface area contributed by atoms with Crippen LogP contribution in [0.1, 0.15) is 0 Å². The summed E-state index contributed by atoms with van der Waals surface area (Å²) >= 11 is 0. The molecule has 4 N–H and O–H groups in total. The van der Waals surface area contributed by atoms with Gasteiger partial charge in [0.15, 0.2) is 0 Å². The monoisotopic (exact) mass is 111 g/mol. The van der Waals surface area contributed by atoms with E-state index in [-0.39, 0.29) is 12.4 Å². The lowest BCUT2D eigenvalue weighted by molar-refractivity contribution is -0.805. The molecule has 0 saturated carbocycles. The number of nitrogens with two attached hydrogens (primary N) is 2. The first-order chi connectivity index (χ1) is 2.27. The summed E-state index contributed by atoms with van der Waals surface area (Å²) in [6.45, 7) is 0. The number of nitrogens with zero attached hydrogens (tertiary/aromatic N) is 1. The molecule has 0 unspecified atom stereocenters. The average Bonchev–Trinajstić information content (AvgIpc) is 1.38. The van der Waals surface area contributed by atoms with Crippen molar-refractivity contribution >= 4 is 0 Å². The third-order valence-electron chi connectivity index (χ3n) is 0.298. The summed E-state index contributed by atoms with van der Waals surface area (Å²) in [5.41, 5.74) is 1.50. The van der Waals surface area contributed by atoms with Crippen LogP contribution in [0, 0.1) is 0 Å². The lowest BCUT2D eigenvalue weighted by atomic mass is 11.2. The Labute approximate surface area is 43.8 Å². The molecule has 0 bridgehead atoms. The van der Waals surface area contributed by atoms with E-state index in [0.29, 0.717) is 0 Å². The molecule has 0 aromatic rings. The van der Waals surface area contributed by atoms with Gasteiger partial charge in [-0.15, -0.1) is 5.01 Å². The van der Waals surface area contributed by atoms with Gasteiger partial charge in [0, 0.05) is 14.1 Å². The summed E-state index contributed by atoms with van der Waals surface area (Å²) in [6, 6.07) is 0. The SMILES string of the molecule is CN(C)[NH2+]N.[Cl-]. The number of hydrogen-bond acceptors (Lipinski definition) is 2. The first kappa shape index (κ1) is 9.48. The molecule has 0 aliphatic heterocycles. The van der Waals surface area contributed by atoms with Crippen molar-refractivity contribution in [2.75, 3.05) is 14.1 Å². The minimum atomic E-state index is 0. The summed E-state index contributed by atoms with van der Waals surface area (Å²) in [5, 5.41) is 1.78. The largest absolute Gasteiger partial charge is 1.00 e. The topological polar surface area (TPSA) is 45.9 Å². The van der Waals surface area contributed by atoms with Crippen LogP contribution in [-0.2, 0) is 0 Å². The molecule has 0 amide bonds. The van der Waals surface area contributed by atoms with Crippen molar-refractivity contribution in [2.24, 2.45) is 5.84 Å². The maximum absolute atomic E-state index is 4.97. The first-order valence-corrected chi connectivity index (χ1v) is 1.49. The van der Waals surface area contributed by atoms with Crippen LogP contribution in [0.3, 0.4) is 0 Å². The fourth-order valence-corrected chi connectivity index (χ4v) is 0. The Morgan fingerprint density at radius 3 is 1.67 bits per heavy atom. The van der Waals surface area contributed by atoms with Crippen molar-refractivity contribution < 1.29 is 17.9 Å². The van der Waals surface area contributed by atoms with Crippen LogP contribution in [0.2, 0.25) is 0 Å². The minimum absolute atomic E-state index is 0. The Bertz CT molecular complexity index is 22.8. The van der Waals surface area contributed by atoms with E-state index in [9.17, 15) is 0 Å². The molecule has 0 aliphatic rings. The van der Waals surface area contributed by atoms with Crippen LogP contribution < -0.4 is 23.8 Å². The summed E-state index contributed by atoms with van der Waals surface area (Å²) in [7, 11) is 3.75. The van der Waals surface area contributed by atoms with E-state index >= 15 is 0 Å². The summed E-state index contributed by atoms with van der Waals surface area (Å²) < 4.78 is 0. The smallest absolute Gasteiger partial charge is 0.0378 e. The molecule has 0 aromatic carbocycles. The van der Waals surface area contributed by atoms with Gasteiger partial charge >= 0.3 is 0 Å². The lowest BCUT2D eigenvalue weighted by Crippen LogP contribution is -3.00. The van der Waals surface area contributed by atoms with Gasteiger partial charge in [-0.1, -0.05) is 0 Å². The normalized spacial score (nSPS) is 8.00. The minimum Gasteiger partial charge on any atom is -1.00 e. The van der Waals surface area contributed by atoms with Crippen LogP contribution in [0.15, 0.2) is 0 Å². The predicted molar refractivity (Wildman–Crippen MR) is 19.8 cm³/mol. The van der Waals surface area contributed by atoms with E-state index < -0.39 is 0 Å². The summed E-state index contributed by atoms with van der Waals surface area (Å²) in [6.07, 6.45) is 0. The zero-order chi connectivity index (χ0) is 4.28. The molecule has 0 heterocycles. The Morgan fingerprint density at radius 2 is 1.67 bits per heavy atom. The van der Waals surface area contributed by atoms with E-state index in [4.69, 9.17) is 5.84 Å². The van der Waals surface area contributed by atoms with Crippen molar-refractivity contribution in [1.82, 2.24) is 5.01 Å². The van der Waals surface area contributed by atoms with Gasteiger partial charge in [-0.25, -0.2) is 0 Å². The summed E-state index contributed by atoms with van der Waals surface area (Å²) in [5.74, 6) is 4.97. The molecule has 0 fully saturated rings. The number of halogens is 1. The van der Waals surface area contributed by atoms with Crippen molar-refractivity contribution in [3.8, 4) is 0 Å². The van der Waals surface area contributed by atoms with Gasteiger partial charge in [0.25, 0.3) is 0 Å². The molecule has 40 valence electrons. The molecular weight excluding hydrogens is 101 g/mol. The molecule has 0 saturated heterocycles.